The number of nitrogens with two attached hydrogens (primary N) is 1. The van der Waals surface area contributed by atoms with Crippen molar-refractivity contribution in [1.82, 2.24) is 9.97 Å². The van der Waals surface area contributed by atoms with Gasteiger partial charge in [0.2, 0.25) is 11.1 Å². The number of aromatic nitrogens is 2. The molecule has 17 heteroatoms. The second-order valence-electron chi connectivity index (χ2n) is 19.3. The summed E-state index contributed by atoms with van der Waals surface area (Å²) in [6.07, 6.45) is 8.69. The van der Waals surface area contributed by atoms with E-state index in [-0.39, 0.29) is 28.7 Å². The second-order valence-corrected chi connectivity index (χ2v) is 31.9. The highest BCUT2D eigenvalue weighted by Crippen LogP contribution is 2.40. The number of carbonyl (C=O) groups is 2. The molecule has 0 bridgehead atoms. The van der Waals surface area contributed by atoms with Gasteiger partial charge in [0.1, 0.15) is 5.69 Å². The normalized spacial score (nSPS) is 11.8. The maximum absolute atomic E-state index is 12.4. The monoisotopic (exact) mass is 1130 g/mol. The van der Waals surface area contributed by atoms with Crippen molar-refractivity contribution in [1.29, 1.82) is 0 Å². The van der Waals surface area contributed by atoms with Gasteiger partial charge in [0.25, 0.3) is 0 Å². The maximum Gasteiger partial charge on any atom is 0.224 e. The highest BCUT2D eigenvalue weighted by Gasteiger charge is 2.37. The Balaban J connectivity index is 0.000000577. The van der Waals surface area contributed by atoms with Gasteiger partial charge >= 0.3 is 0 Å². The standard InChI is InChI=1S/C24H37BrClN3O2Si.C19H29BrClN3OSi.C5H9ClO.CH4/c1-7-8-11-20(30)29-22-21(18-16-17(25)12-13-19(18)28-23(22)26)27-14-9-10-15-31-32(5,6)24(2,3)4;1-19(2,3)26(4,5)25-11-7-6-10-23-17-14-12-13(20)8-9-15(14)24-18(21)16(17)22;1-2-3-4-5(6)7;/h12-13,16H,7-11,14-15H2,1-6H3,(H,27,28)(H,29,30);8-9,12H,6-7,10-11,22H2,1-5H3,(H,23,24);2-4H2,1H3;1H4. The van der Waals surface area contributed by atoms with Crippen LogP contribution in [0, 0.1) is 0 Å². The van der Waals surface area contributed by atoms with E-state index in [0.29, 0.717) is 34.5 Å². The van der Waals surface area contributed by atoms with Gasteiger partial charge in [0.05, 0.1) is 28.1 Å². The lowest BCUT2D eigenvalue weighted by Crippen LogP contribution is -2.41. The number of fused-ring (bicyclic) bond motifs is 2. The number of carbonyl (C=O) groups excluding carboxylic acids is 2. The van der Waals surface area contributed by atoms with E-state index in [4.69, 9.17) is 49.4 Å². The average Bonchev–Trinajstić information content (AvgIpc) is 3.21. The van der Waals surface area contributed by atoms with E-state index in [1.54, 1.807) is 0 Å². The minimum absolute atomic E-state index is 0. The van der Waals surface area contributed by atoms with Gasteiger partial charge in [-0.15, -0.1) is 0 Å². The number of hydrogen-bond donors (Lipinski definition) is 4. The predicted octanol–water partition coefficient (Wildman–Crippen LogP) is 17.0. The number of nitrogens with one attached hydrogen (secondary N) is 3. The van der Waals surface area contributed by atoms with Crippen molar-refractivity contribution in [2.75, 3.05) is 48.0 Å². The molecule has 5 N–H and O–H groups in total. The zero-order valence-corrected chi connectivity index (χ0v) is 48.3. The summed E-state index contributed by atoms with van der Waals surface area (Å²) in [7, 11) is -3.38. The van der Waals surface area contributed by atoms with Crippen LogP contribution in [0.1, 0.15) is 127 Å². The third-order valence-corrected chi connectivity index (χ3v) is 22.7. The summed E-state index contributed by atoms with van der Waals surface area (Å²) in [6.45, 7) is 29.9. The van der Waals surface area contributed by atoms with Gasteiger partial charge in [0, 0.05) is 58.9 Å². The highest BCUT2D eigenvalue weighted by molar-refractivity contribution is 9.10. The van der Waals surface area contributed by atoms with Crippen LogP contribution in [0.5, 0.6) is 0 Å². The van der Waals surface area contributed by atoms with Crippen molar-refractivity contribution in [2.45, 2.75) is 163 Å². The van der Waals surface area contributed by atoms with Gasteiger partial charge in [0.15, 0.2) is 26.9 Å². The maximum atomic E-state index is 12.4. The Morgan fingerprint density at radius 3 is 1.52 bits per heavy atom. The molecule has 1 amide bonds. The molecule has 0 saturated heterocycles. The molecule has 2 aromatic heterocycles. The summed E-state index contributed by atoms with van der Waals surface area (Å²) in [5, 5.41) is 12.7. The molecular weight excluding hydrogens is 1060 g/mol. The van der Waals surface area contributed by atoms with Crippen molar-refractivity contribution < 1.29 is 18.4 Å². The number of pyridine rings is 2. The Hall–Kier alpha value is -2.02. The molecule has 0 atom stereocenters. The fourth-order valence-electron chi connectivity index (χ4n) is 5.74. The minimum atomic E-state index is -1.72. The molecule has 66 heavy (non-hydrogen) atoms. The lowest BCUT2D eigenvalue weighted by atomic mass is 10.1. The van der Waals surface area contributed by atoms with Crippen LogP contribution in [0.4, 0.5) is 22.7 Å². The molecule has 0 aliphatic carbocycles. The third kappa shape index (κ3) is 20.5. The number of unbranched alkanes of at least 4 members (excludes halogenated alkanes) is 4. The molecule has 0 saturated carbocycles. The molecule has 4 aromatic rings. The summed E-state index contributed by atoms with van der Waals surface area (Å²) in [4.78, 5) is 31.2. The first-order valence-electron chi connectivity index (χ1n) is 22.8. The molecule has 0 aliphatic heterocycles. The van der Waals surface area contributed by atoms with E-state index in [1.807, 2.05) is 43.3 Å². The number of hydrogen-bond acceptors (Lipinski definition) is 9. The summed E-state index contributed by atoms with van der Waals surface area (Å²) in [5.41, 5.74) is 10.5. The van der Waals surface area contributed by atoms with Crippen molar-refractivity contribution >= 4 is 139 Å². The number of halogens is 5. The summed E-state index contributed by atoms with van der Waals surface area (Å²) >= 11 is 24.7. The predicted molar refractivity (Wildman–Crippen MR) is 300 cm³/mol. The Morgan fingerprint density at radius 1 is 0.667 bits per heavy atom. The summed E-state index contributed by atoms with van der Waals surface area (Å²) < 4.78 is 14.4. The second kappa shape index (κ2) is 29.2. The van der Waals surface area contributed by atoms with Crippen LogP contribution < -0.4 is 21.7 Å². The molecule has 2 heterocycles. The van der Waals surface area contributed by atoms with Crippen molar-refractivity contribution in [2.24, 2.45) is 0 Å². The molecule has 372 valence electrons. The van der Waals surface area contributed by atoms with Gasteiger partial charge in [-0.25, -0.2) is 9.97 Å². The van der Waals surface area contributed by atoms with Crippen molar-refractivity contribution in [3.63, 3.8) is 0 Å². The average molecular weight is 1140 g/mol. The quantitative estimate of drug-likeness (QED) is 0.0278. The van der Waals surface area contributed by atoms with E-state index in [0.717, 1.165) is 120 Å². The van der Waals surface area contributed by atoms with Gasteiger partial charge in [-0.2, -0.15) is 0 Å². The van der Waals surface area contributed by atoms with Crippen LogP contribution in [0.3, 0.4) is 0 Å². The lowest BCUT2D eigenvalue weighted by molar-refractivity contribution is -0.116. The van der Waals surface area contributed by atoms with E-state index in [2.05, 4.69) is 132 Å². The van der Waals surface area contributed by atoms with Crippen LogP contribution in [0.25, 0.3) is 21.8 Å². The van der Waals surface area contributed by atoms with E-state index >= 15 is 0 Å². The SMILES string of the molecule is C.CC(C)(C)[Si](C)(C)OCCCCNc1c(N)c(Cl)nc2ccc(Br)cc12.CCCCC(=O)Cl.CCCCC(=O)Nc1c(Cl)nc2ccc(Br)cc2c1NCCCCO[Si](C)(C)C(C)(C)C. The van der Waals surface area contributed by atoms with E-state index < -0.39 is 16.6 Å². The Morgan fingerprint density at radius 2 is 1.09 bits per heavy atom. The van der Waals surface area contributed by atoms with Gasteiger partial charge < -0.3 is 30.5 Å². The number of anilines is 4. The molecule has 0 fully saturated rings. The number of nitrogen functional groups attached to an aromatic ring is 1. The first-order chi connectivity index (χ1) is 30.3. The van der Waals surface area contributed by atoms with Crippen LogP contribution >= 0.6 is 66.7 Å². The molecule has 2 aromatic carbocycles. The van der Waals surface area contributed by atoms with Gasteiger partial charge in [-0.05, 0) is 123 Å². The van der Waals surface area contributed by atoms with Gasteiger partial charge in [-0.1, -0.05) is 131 Å². The number of amides is 1. The number of nitrogens with zero attached hydrogens (tertiary/aromatic N) is 2. The summed E-state index contributed by atoms with van der Waals surface area (Å²) in [5.74, 6) is -0.0456. The fraction of sp³-hybridized carbons (Fsp3) is 0.592. The minimum Gasteiger partial charge on any atom is -0.417 e. The first-order valence-corrected chi connectivity index (χ1v) is 31.4. The molecular formula is C49H79Br2Cl3N6O4Si2. The number of rotatable bonds is 21. The fourth-order valence-corrected chi connectivity index (χ4v) is 9.19. The largest absolute Gasteiger partial charge is 0.417 e. The van der Waals surface area contributed by atoms with Crippen LogP contribution in [-0.4, -0.2) is 64.1 Å². The Kier molecular flexibility index (Phi) is 27.5. The van der Waals surface area contributed by atoms with Gasteiger partial charge in [-0.3, -0.25) is 9.59 Å². The Labute approximate surface area is 431 Å². The van der Waals surface area contributed by atoms with Crippen LogP contribution in [-0.2, 0) is 18.4 Å². The first kappa shape index (κ1) is 62.0. The summed E-state index contributed by atoms with van der Waals surface area (Å²) in [6, 6.07) is 11.8. The number of benzene rings is 2. The smallest absolute Gasteiger partial charge is 0.224 e. The van der Waals surface area contributed by atoms with E-state index in [9.17, 15) is 9.59 Å². The molecule has 0 radical (unpaired) electrons. The Bertz CT molecular complexity index is 2150. The molecule has 0 aliphatic rings. The van der Waals surface area contributed by atoms with Crippen LogP contribution in [0.15, 0.2) is 45.3 Å². The third-order valence-electron chi connectivity index (χ3n) is 11.9. The highest BCUT2D eigenvalue weighted by atomic mass is 79.9. The zero-order valence-electron chi connectivity index (χ0n) is 40.9. The molecule has 0 unspecified atom stereocenters. The van der Waals surface area contributed by atoms with E-state index in [1.165, 1.54) is 0 Å². The molecule has 10 nitrogen and oxygen atoms in total. The van der Waals surface area contributed by atoms with Crippen LogP contribution in [0.2, 0.25) is 46.6 Å². The molecule has 0 spiro atoms. The molecule has 4 rings (SSSR count). The lowest BCUT2D eigenvalue weighted by Gasteiger charge is -2.36. The van der Waals surface area contributed by atoms with Crippen molar-refractivity contribution in [3.05, 3.63) is 55.6 Å². The zero-order chi connectivity index (χ0) is 49.2. The van der Waals surface area contributed by atoms with Crippen molar-refractivity contribution in [3.8, 4) is 0 Å². The topological polar surface area (TPSA) is 140 Å².